The summed E-state index contributed by atoms with van der Waals surface area (Å²) in [6.07, 6.45) is 12.7. The molecule has 4 aromatic carbocycles. The van der Waals surface area contributed by atoms with Gasteiger partial charge in [0.2, 0.25) is 0 Å². The fourth-order valence-electron chi connectivity index (χ4n) is 12.3. The topological polar surface area (TPSA) is 13.0 Å². The lowest BCUT2D eigenvalue weighted by molar-refractivity contribution is 0.276. The van der Waals surface area contributed by atoms with Crippen molar-refractivity contribution >= 4 is 22.7 Å². The first kappa shape index (κ1) is 39.9. The molecule has 4 fully saturated rings. The summed E-state index contributed by atoms with van der Waals surface area (Å²) in [4.78, 5) is 11.3. The second-order valence-corrected chi connectivity index (χ2v) is 20.7. The van der Waals surface area contributed by atoms with Gasteiger partial charge in [0.25, 0.3) is 0 Å². The molecule has 2 saturated carbocycles. The highest BCUT2D eigenvalue weighted by Crippen LogP contribution is 2.50. The molecule has 8 rings (SSSR count). The summed E-state index contributed by atoms with van der Waals surface area (Å²) in [7, 11) is 0. The van der Waals surface area contributed by atoms with Crippen molar-refractivity contribution in [2.24, 2.45) is 22.7 Å². The molecule has 2 aliphatic carbocycles. The normalized spacial score (nSPS) is 26.6. The van der Waals surface area contributed by atoms with Crippen molar-refractivity contribution in [1.29, 1.82) is 0 Å². The maximum Gasteiger partial charge on any atom is 0.107 e. The number of benzene rings is 4. The lowest BCUT2D eigenvalue weighted by Crippen LogP contribution is -2.51. The summed E-state index contributed by atoms with van der Waals surface area (Å²) in [6, 6.07) is 39.2. The fourth-order valence-corrected chi connectivity index (χ4v) is 12.3. The zero-order valence-electron chi connectivity index (χ0n) is 37.0. The summed E-state index contributed by atoms with van der Waals surface area (Å²) >= 11 is 0. The molecule has 4 unspecified atom stereocenters. The standard InChI is InChI=1S/C53H72N4/c1-36-21-17-20-28-46(36)54-38(3)49(42-24-18-19-25-42)57(50(54)52(5,6)7)45-32-29-40(30-33-45)43-31-34-47(37(2)35-43)55-39(4)48(41-22-13-11-14-23-41)56(51(55)53(8,9)10)44-26-15-12-16-27-44/h12,15-17,20-21,26-35,38-39,41-42,48-51H,11,13-14,18-19,22-25H2,1-10H3/t38-,39-,48?,49?,50?,51?/m0/s1. The Kier molecular flexibility index (Phi) is 11.0. The van der Waals surface area contributed by atoms with E-state index in [9.17, 15) is 0 Å². The van der Waals surface area contributed by atoms with Crippen molar-refractivity contribution in [2.45, 2.75) is 164 Å². The molecule has 0 N–H and O–H groups in total. The molecule has 0 spiro atoms. The van der Waals surface area contributed by atoms with Crippen molar-refractivity contribution in [1.82, 2.24) is 0 Å². The van der Waals surface area contributed by atoms with E-state index in [1.54, 1.807) is 0 Å². The van der Waals surface area contributed by atoms with Crippen molar-refractivity contribution in [3.05, 3.63) is 108 Å². The molecule has 304 valence electrons. The van der Waals surface area contributed by atoms with E-state index in [2.05, 4.69) is 186 Å². The molecule has 4 aliphatic rings. The number of rotatable bonds is 7. The Morgan fingerprint density at radius 2 is 0.877 bits per heavy atom. The minimum atomic E-state index is 0.0532. The zero-order chi connectivity index (χ0) is 40.2. The van der Waals surface area contributed by atoms with E-state index in [4.69, 9.17) is 0 Å². The van der Waals surface area contributed by atoms with E-state index >= 15 is 0 Å². The summed E-state index contributed by atoms with van der Waals surface area (Å²) in [5.74, 6) is 1.43. The third-order valence-corrected chi connectivity index (χ3v) is 14.5. The molecule has 2 aliphatic heterocycles. The number of aryl methyl sites for hydroxylation is 2. The summed E-state index contributed by atoms with van der Waals surface area (Å²) in [6.45, 7) is 24.4. The minimum absolute atomic E-state index is 0.0532. The molecular formula is C53H72N4. The molecular weight excluding hydrogens is 693 g/mol. The van der Waals surface area contributed by atoms with Crippen LogP contribution in [0.4, 0.5) is 22.7 Å². The van der Waals surface area contributed by atoms with Crippen LogP contribution in [0.3, 0.4) is 0 Å². The Labute approximate surface area is 346 Å². The smallest absolute Gasteiger partial charge is 0.107 e. The van der Waals surface area contributed by atoms with Crippen LogP contribution >= 0.6 is 0 Å². The van der Waals surface area contributed by atoms with Crippen LogP contribution in [0.5, 0.6) is 0 Å². The fraction of sp³-hybridized carbons (Fsp3) is 0.547. The van der Waals surface area contributed by atoms with Crippen LogP contribution in [0, 0.1) is 36.5 Å². The first-order chi connectivity index (χ1) is 27.3. The van der Waals surface area contributed by atoms with Crippen LogP contribution < -0.4 is 19.6 Å². The van der Waals surface area contributed by atoms with Gasteiger partial charge in [0.05, 0.1) is 12.1 Å². The number of anilines is 4. The molecule has 6 atom stereocenters. The van der Waals surface area contributed by atoms with E-state index in [1.807, 2.05) is 0 Å². The molecule has 4 heteroatoms. The van der Waals surface area contributed by atoms with Gasteiger partial charge in [0.1, 0.15) is 12.3 Å². The number of nitrogens with zero attached hydrogens (tertiary/aromatic N) is 4. The third kappa shape index (κ3) is 7.38. The van der Waals surface area contributed by atoms with Crippen molar-refractivity contribution in [2.75, 3.05) is 19.6 Å². The van der Waals surface area contributed by atoms with Gasteiger partial charge in [-0.05, 0) is 130 Å². The zero-order valence-corrected chi connectivity index (χ0v) is 37.0. The average Bonchev–Trinajstić information content (AvgIpc) is 3.91. The molecule has 4 nitrogen and oxygen atoms in total. The van der Waals surface area contributed by atoms with Gasteiger partial charge in [-0.3, -0.25) is 0 Å². The van der Waals surface area contributed by atoms with Gasteiger partial charge in [0.15, 0.2) is 0 Å². The van der Waals surface area contributed by atoms with Gasteiger partial charge in [-0.15, -0.1) is 0 Å². The van der Waals surface area contributed by atoms with Gasteiger partial charge in [-0.2, -0.15) is 0 Å². The molecule has 0 bridgehead atoms. The SMILES string of the molecule is Cc1cc(-c2ccc(N3C(C4CCCC4)[C@H](C)N(c4ccccc4C)C3C(C)(C)C)cc2)ccc1N1C(C(C)(C)C)N(c2ccccc2)C(C2CCCCC2)[C@@H]1C. The third-order valence-electron chi connectivity index (χ3n) is 14.5. The van der Waals surface area contributed by atoms with Crippen molar-refractivity contribution < 1.29 is 0 Å². The lowest BCUT2D eigenvalue weighted by atomic mass is 9.80. The van der Waals surface area contributed by atoms with Gasteiger partial charge in [0, 0.05) is 45.7 Å². The van der Waals surface area contributed by atoms with Crippen molar-refractivity contribution in [3.63, 3.8) is 0 Å². The Bertz CT molecular complexity index is 1960. The first-order valence-corrected chi connectivity index (χ1v) is 22.7. The van der Waals surface area contributed by atoms with Gasteiger partial charge < -0.3 is 19.6 Å². The molecule has 2 heterocycles. The molecule has 57 heavy (non-hydrogen) atoms. The monoisotopic (exact) mass is 765 g/mol. The molecule has 0 amide bonds. The van der Waals surface area contributed by atoms with E-state index < -0.39 is 0 Å². The highest BCUT2D eigenvalue weighted by molar-refractivity contribution is 5.73. The second kappa shape index (κ2) is 15.7. The average molecular weight is 765 g/mol. The first-order valence-electron chi connectivity index (χ1n) is 22.7. The lowest BCUT2D eigenvalue weighted by Gasteiger charge is -2.44. The van der Waals surface area contributed by atoms with Crippen LogP contribution in [-0.4, -0.2) is 36.5 Å². The van der Waals surface area contributed by atoms with Crippen LogP contribution in [0.15, 0.2) is 97.1 Å². The quantitative estimate of drug-likeness (QED) is 0.186. The van der Waals surface area contributed by atoms with Crippen molar-refractivity contribution in [3.8, 4) is 11.1 Å². The molecule has 4 aromatic rings. The molecule has 2 saturated heterocycles. The van der Waals surface area contributed by atoms with Gasteiger partial charge in [-0.1, -0.05) is 128 Å². The minimum Gasteiger partial charge on any atom is -0.346 e. The van der Waals surface area contributed by atoms with Crippen LogP contribution in [0.1, 0.15) is 124 Å². The van der Waals surface area contributed by atoms with E-state index in [-0.39, 0.29) is 23.2 Å². The Hall–Kier alpha value is -3.92. The highest BCUT2D eigenvalue weighted by atomic mass is 15.5. The largest absolute Gasteiger partial charge is 0.346 e. The van der Waals surface area contributed by atoms with Crippen LogP contribution in [0.2, 0.25) is 0 Å². The summed E-state index contributed by atoms with van der Waals surface area (Å²) in [5.41, 5.74) is 11.0. The summed E-state index contributed by atoms with van der Waals surface area (Å²) in [5, 5.41) is 0. The number of hydrogen-bond acceptors (Lipinski definition) is 4. The predicted molar refractivity (Wildman–Crippen MR) is 246 cm³/mol. The molecule has 0 radical (unpaired) electrons. The van der Waals surface area contributed by atoms with Crippen LogP contribution in [-0.2, 0) is 0 Å². The van der Waals surface area contributed by atoms with E-state index in [1.165, 1.54) is 103 Å². The second-order valence-electron chi connectivity index (χ2n) is 20.7. The van der Waals surface area contributed by atoms with E-state index in [0.717, 1.165) is 5.92 Å². The Balaban J connectivity index is 1.14. The van der Waals surface area contributed by atoms with Gasteiger partial charge >= 0.3 is 0 Å². The van der Waals surface area contributed by atoms with Crippen LogP contribution in [0.25, 0.3) is 11.1 Å². The molecule has 0 aromatic heterocycles. The number of para-hydroxylation sites is 2. The Morgan fingerprint density at radius 1 is 0.439 bits per heavy atom. The maximum absolute atomic E-state index is 2.86. The van der Waals surface area contributed by atoms with Gasteiger partial charge in [-0.25, -0.2) is 0 Å². The maximum atomic E-state index is 2.86. The Morgan fingerprint density at radius 3 is 1.37 bits per heavy atom. The predicted octanol–water partition coefficient (Wildman–Crippen LogP) is 13.7. The van der Waals surface area contributed by atoms with E-state index in [0.29, 0.717) is 30.1 Å². The number of hydrogen-bond donors (Lipinski definition) is 0. The summed E-state index contributed by atoms with van der Waals surface area (Å²) < 4.78 is 0. The highest BCUT2D eigenvalue weighted by Gasteiger charge is 2.54.